The maximum atomic E-state index is 12.1. The van der Waals surface area contributed by atoms with E-state index >= 15 is 0 Å². The molecule has 0 spiro atoms. The molecule has 0 aliphatic carbocycles. The SMILES string of the molecule is O=C1CN(CCC2CCOCC2)c2nc(-c3cnc4[nH]ccc4c3)cnc2N1.[HH]. The normalized spacial score (nSPS) is 17.6. The highest BCUT2D eigenvalue weighted by Gasteiger charge is 2.26. The average Bonchev–Trinajstić information content (AvgIpc) is 3.20. The van der Waals surface area contributed by atoms with Gasteiger partial charge in [0.25, 0.3) is 0 Å². The van der Waals surface area contributed by atoms with Crippen LogP contribution in [0.4, 0.5) is 11.6 Å². The number of rotatable bonds is 4. The largest absolute Gasteiger partial charge is 0.381 e. The fourth-order valence-corrected chi connectivity index (χ4v) is 3.89. The van der Waals surface area contributed by atoms with E-state index in [9.17, 15) is 4.79 Å². The van der Waals surface area contributed by atoms with Crippen molar-refractivity contribution in [3.05, 3.63) is 30.7 Å². The van der Waals surface area contributed by atoms with Crippen LogP contribution in [-0.2, 0) is 9.53 Å². The summed E-state index contributed by atoms with van der Waals surface area (Å²) in [6.45, 7) is 2.77. The molecule has 2 aliphatic rings. The molecule has 1 saturated heterocycles. The van der Waals surface area contributed by atoms with Crippen LogP contribution in [0.25, 0.3) is 22.3 Å². The first-order valence-corrected chi connectivity index (χ1v) is 9.69. The lowest BCUT2D eigenvalue weighted by molar-refractivity contribution is -0.115. The number of hydrogen-bond donors (Lipinski definition) is 2. The Morgan fingerprint density at radius 2 is 2.14 bits per heavy atom. The van der Waals surface area contributed by atoms with Crippen molar-refractivity contribution >= 4 is 28.6 Å². The minimum absolute atomic E-state index is 0. The maximum absolute atomic E-state index is 12.1. The highest BCUT2D eigenvalue weighted by Crippen LogP contribution is 2.30. The summed E-state index contributed by atoms with van der Waals surface area (Å²) >= 11 is 0. The highest BCUT2D eigenvalue weighted by molar-refractivity contribution is 5.99. The van der Waals surface area contributed by atoms with Crippen LogP contribution in [0.1, 0.15) is 20.7 Å². The van der Waals surface area contributed by atoms with E-state index in [1.54, 1.807) is 12.4 Å². The van der Waals surface area contributed by atoms with Crippen LogP contribution in [0.5, 0.6) is 0 Å². The van der Waals surface area contributed by atoms with Gasteiger partial charge >= 0.3 is 0 Å². The molecule has 28 heavy (non-hydrogen) atoms. The van der Waals surface area contributed by atoms with Gasteiger partial charge in [-0.25, -0.2) is 15.0 Å². The van der Waals surface area contributed by atoms with E-state index in [0.717, 1.165) is 67.1 Å². The van der Waals surface area contributed by atoms with Gasteiger partial charge < -0.3 is 19.9 Å². The number of hydrogen-bond acceptors (Lipinski definition) is 6. The van der Waals surface area contributed by atoms with Crippen molar-refractivity contribution in [2.75, 3.05) is 36.5 Å². The van der Waals surface area contributed by atoms with Crippen LogP contribution in [0.2, 0.25) is 0 Å². The molecule has 0 aromatic carbocycles. The van der Waals surface area contributed by atoms with Gasteiger partial charge in [-0.05, 0) is 37.3 Å². The number of H-pyrrole nitrogens is 1. The Hall–Kier alpha value is -3.00. The average molecular weight is 380 g/mol. The predicted molar refractivity (Wildman–Crippen MR) is 108 cm³/mol. The maximum Gasteiger partial charge on any atom is 0.245 e. The standard InChI is InChI=1S/C20H22N6O2.H2/c27-17-12-26(6-2-13-3-7-28-8-4-13)20-19(25-17)23-11-16(24-20)15-9-14-1-5-21-18(14)22-10-15;/h1,5,9-11,13H,2-4,6-8,12H2,(H,21,22)(H,23,25,27);1H. The third kappa shape index (κ3) is 3.31. The lowest BCUT2D eigenvalue weighted by atomic mass is 9.96. The first-order valence-electron chi connectivity index (χ1n) is 9.69. The van der Waals surface area contributed by atoms with Gasteiger partial charge in [0, 0.05) is 44.5 Å². The van der Waals surface area contributed by atoms with Crippen molar-refractivity contribution in [3.8, 4) is 11.3 Å². The molecule has 8 nitrogen and oxygen atoms in total. The summed E-state index contributed by atoms with van der Waals surface area (Å²) in [4.78, 5) is 31.0. The fourth-order valence-electron chi connectivity index (χ4n) is 3.89. The number of nitrogens with zero attached hydrogens (tertiary/aromatic N) is 4. The number of aromatic nitrogens is 4. The molecule has 0 saturated carbocycles. The predicted octanol–water partition coefficient (Wildman–Crippen LogP) is 2.84. The van der Waals surface area contributed by atoms with Gasteiger partial charge in [0.2, 0.25) is 5.91 Å². The minimum atomic E-state index is -0.0445. The van der Waals surface area contributed by atoms with Gasteiger partial charge in [-0.1, -0.05) is 0 Å². The number of pyridine rings is 1. The molecule has 5 heterocycles. The second-order valence-corrected chi connectivity index (χ2v) is 7.38. The highest BCUT2D eigenvalue weighted by atomic mass is 16.5. The Kier molecular flexibility index (Phi) is 4.40. The molecule has 0 radical (unpaired) electrons. The zero-order valence-corrected chi connectivity index (χ0v) is 15.5. The quantitative estimate of drug-likeness (QED) is 0.723. The number of amides is 1. The second kappa shape index (κ2) is 7.20. The van der Waals surface area contributed by atoms with Crippen LogP contribution in [-0.4, -0.2) is 52.1 Å². The fraction of sp³-hybridized carbons (Fsp3) is 0.400. The van der Waals surface area contributed by atoms with Crippen LogP contribution in [0.3, 0.4) is 0 Å². The number of nitrogens with one attached hydrogen (secondary N) is 2. The molecule has 1 fully saturated rings. The van der Waals surface area contributed by atoms with Gasteiger partial charge in [0.15, 0.2) is 11.6 Å². The topological polar surface area (TPSA) is 96.0 Å². The number of ether oxygens (including phenoxy) is 1. The summed E-state index contributed by atoms with van der Waals surface area (Å²) < 4.78 is 5.45. The van der Waals surface area contributed by atoms with Gasteiger partial charge in [0.1, 0.15) is 5.65 Å². The van der Waals surface area contributed by atoms with Crippen molar-refractivity contribution in [2.24, 2.45) is 5.92 Å². The monoisotopic (exact) mass is 380 g/mol. The van der Waals surface area contributed by atoms with Crippen molar-refractivity contribution in [1.82, 2.24) is 19.9 Å². The van der Waals surface area contributed by atoms with Crippen molar-refractivity contribution in [1.29, 1.82) is 0 Å². The summed E-state index contributed by atoms with van der Waals surface area (Å²) in [7, 11) is 0. The molecule has 146 valence electrons. The number of carbonyl (C=O) groups is 1. The second-order valence-electron chi connectivity index (χ2n) is 7.38. The van der Waals surface area contributed by atoms with Crippen LogP contribution in [0, 0.1) is 5.92 Å². The Morgan fingerprint density at radius 1 is 1.25 bits per heavy atom. The molecular formula is C20H24N6O2. The number of carbonyl (C=O) groups excluding carboxylic acids is 1. The molecule has 1 amide bonds. The van der Waals surface area contributed by atoms with Gasteiger partial charge in [0.05, 0.1) is 18.4 Å². The summed E-state index contributed by atoms with van der Waals surface area (Å²) in [5, 5.41) is 3.87. The molecule has 3 aromatic rings. The smallest absolute Gasteiger partial charge is 0.245 e. The lowest BCUT2D eigenvalue weighted by Crippen LogP contribution is -2.40. The minimum Gasteiger partial charge on any atom is -0.381 e. The van der Waals surface area contributed by atoms with Gasteiger partial charge in [-0.15, -0.1) is 0 Å². The summed E-state index contributed by atoms with van der Waals surface area (Å²) in [5.41, 5.74) is 2.50. The Bertz CT molecular complexity index is 1020. The van der Waals surface area contributed by atoms with E-state index in [4.69, 9.17) is 9.72 Å². The molecule has 0 atom stereocenters. The van der Waals surface area contributed by atoms with Crippen LogP contribution < -0.4 is 10.2 Å². The van der Waals surface area contributed by atoms with Crippen LogP contribution >= 0.6 is 0 Å². The van der Waals surface area contributed by atoms with Crippen molar-refractivity contribution in [3.63, 3.8) is 0 Å². The number of fused-ring (bicyclic) bond motifs is 2. The van der Waals surface area contributed by atoms with E-state index in [0.29, 0.717) is 18.3 Å². The molecular weight excluding hydrogens is 356 g/mol. The summed E-state index contributed by atoms with van der Waals surface area (Å²) in [5.74, 6) is 1.86. The van der Waals surface area contributed by atoms with E-state index in [1.165, 1.54) is 0 Å². The van der Waals surface area contributed by atoms with E-state index < -0.39 is 0 Å². The number of aromatic amines is 1. The molecule has 3 aromatic heterocycles. The first-order chi connectivity index (χ1) is 13.8. The van der Waals surface area contributed by atoms with E-state index in [1.807, 2.05) is 23.2 Å². The Labute approximate surface area is 163 Å². The zero-order chi connectivity index (χ0) is 18.9. The summed E-state index contributed by atoms with van der Waals surface area (Å²) in [6, 6.07) is 4.03. The van der Waals surface area contributed by atoms with Crippen LogP contribution in [0.15, 0.2) is 30.7 Å². The van der Waals surface area contributed by atoms with E-state index in [2.05, 4.69) is 20.3 Å². The van der Waals surface area contributed by atoms with Crippen molar-refractivity contribution in [2.45, 2.75) is 19.3 Å². The molecule has 0 unspecified atom stereocenters. The molecule has 5 rings (SSSR count). The Balaban J connectivity index is 0.00000205. The Morgan fingerprint density at radius 3 is 3.04 bits per heavy atom. The van der Waals surface area contributed by atoms with Gasteiger partial charge in [-0.2, -0.15) is 0 Å². The third-order valence-electron chi connectivity index (χ3n) is 5.49. The molecule has 2 aliphatic heterocycles. The lowest BCUT2D eigenvalue weighted by Gasteiger charge is -2.31. The van der Waals surface area contributed by atoms with E-state index in [-0.39, 0.29) is 7.33 Å². The third-order valence-corrected chi connectivity index (χ3v) is 5.49. The zero-order valence-electron chi connectivity index (χ0n) is 15.5. The summed E-state index contributed by atoms with van der Waals surface area (Å²) in [6.07, 6.45) is 8.55. The molecule has 2 N–H and O–H groups in total. The molecule has 0 bridgehead atoms. The first kappa shape index (κ1) is 17.1. The number of anilines is 2. The van der Waals surface area contributed by atoms with Gasteiger partial charge in [-0.3, -0.25) is 4.79 Å². The van der Waals surface area contributed by atoms with Crippen molar-refractivity contribution < 1.29 is 11.0 Å². The molecule has 8 heteroatoms.